The monoisotopic (exact) mass is 256 g/mol. The van der Waals surface area contributed by atoms with E-state index in [1.165, 1.54) is 11.1 Å². The molecule has 0 aliphatic heterocycles. The molecular formula is C16H20N2O. The normalized spacial score (nSPS) is 13.4. The Balaban J connectivity index is 2.52. The van der Waals surface area contributed by atoms with Crippen molar-refractivity contribution in [1.29, 1.82) is 5.26 Å². The van der Waals surface area contributed by atoms with Crippen molar-refractivity contribution in [2.75, 3.05) is 0 Å². The van der Waals surface area contributed by atoms with Gasteiger partial charge in [-0.2, -0.15) is 5.26 Å². The van der Waals surface area contributed by atoms with Gasteiger partial charge in [-0.15, -0.1) is 0 Å². The molecule has 0 bridgehead atoms. The smallest absolute Gasteiger partial charge is 0.0848 e. The van der Waals surface area contributed by atoms with Crippen LogP contribution in [0.1, 0.15) is 32.9 Å². The summed E-state index contributed by atoms with van der Waals surface area (Å²) in [6.07, 6.45) is -0.460. The fourth-order valence-electron chi connectivity index (χ4n) is 2.41. The molecule has 3 heteroatoms. The number of aliphatic hydroxyl groups excluding tert-OH is 1. The van der Waals surface area contributed by atoms with Crippen LogP contribution < -0.4 is 0 Å². The van der Waals surface area contributed by atoms with Crippen LogP contribution in [-0.2, 0) is 12.0 Å². The number of nitrogens with zero attached hydrogens (tertiary/aromatic N) is 2. The molecule has 2 aromatic rings. The Labute approximate surface area is 114 Å². The average Bonchev–Trinajstić information content (AvgIpc) is 2.69. The van der Waals surface area contributed by atoms with E-state index in [0.29, 0.717) is 6.54 Å². The lowest BCUT2D eigenvalue weighted by molar-refractivity contribution is 0.158. The number of hydrogen-bond acceptors (Lipinski definition) is 2. The quantitative estimate of drug-likeness (QED) is 0.916. The maximum absolute atomic E-state index is 9.93. The number of aliphatic hydroxyl groups is 1. The van der Waals surface area contributed by atoms with Gasteiger partial charge >= 0.3 is 0 Å². The molecule has 0 saturated carbocycles. The van der Waals surface area contributed by atoms with Crippen molar-refractivity contribution in [3.8, 4) is 6.07 Å². The highest BCUT2D eigenvalue weighted by Crippen LogP contribution is 2.29. The molecule has 2 rings (SSSR count). The average molecular weight is 256 g/mol. The fraction of sp³-hybridized carbons (Fsp3) is 0.438. The van der Waals surface area contributed by atoms with Crippen molar-refractivity contribution < 1.29 is 5.11 Å². The van der Waals surface area contributed by atoms with Gasteiger partial charge < -0.3 is 9.67 Å². The molecule has 0 aliphatic carbocycles. The topological polar surface area (TPSA) is 49.0 Å². The van der Waals surface area contributed by atoms with E-state index in [2.05, 4.69) is 43.5 Å². The Morgan fingerprint density at radius 2 is 2.00 bits per heavy atom. The molecular weight excluding hydrogens is 236 g/mol. The van der Waals surface area contributed by atoms with Gasteiger partial charge in [-0.3, -0.25) is 0 Å². The number of aromatic nitrogens is 1. The van der Waals surface area contributed by atoms with Gasteiger partial charge in [0.05, 0.1) is 18.6 Å². The minimum Gasteiger partial charge on any atom is -0.390 e. The molecule has 0 spiro atoms. The minimum absolute atomic E-state index is 0.00534. The van der Waals surface area contributed by atoms with E-state index >= 15 is 0 Å². The molecule has 1 atom stereocenters. The Hall–Kier alpha value is -1.79. The second-order valence-corrected chi connectivity index (χ2v) is 5.97. The molecule has 1 aromatic heterocycles. The van der Waals surface area contributed by atoms with Crippen molar-refractivity contribution in [3.05, 3.63) is 36.0 Å². The summed E-state index contributed by atoms with van der Waals surface area (Å²) in [6.45, 7) is 6.95. The molecule has 0 fully saturated rings. The Morgan fingerprint density at radius 1 is 1.32 bits per heavy atom. The van der Waals surface area contributed by atoms with E-state index in [-0.39, 0.29) is 11.8 Å². The second-order valence-electron chi connectivity index (χ2n) is 5.97. The van der Waals surface area contributed by atoms with Crippen LogP contribution in [0, 0.1) is 11.3 Å². The minimum atomic E-state index is -0.623. The van der Waals surface area contributed by atoms with Gasteiger partial charge in [-0.1, -0.05) is 39.0 Å². The van der Waals surface area contributed by atoms with Crippen LogP contribution in [0.4, 0.5) is 0 Å². The summed E-state index contributed by atoms with van der Waals surface area (Å²) in [7, 11) is 0. The van der Waals surface area contributed by atoms with E-state index in [0.717, 1.165) is 5.52 Å². The second kappa shape index (κ2) is 5.07. The summed E-state index contributed by atoms with van der Waals surface area (Å²) in [6, 6.07) is 12.4. The highest BCUT2D eigenvalue weighted by molar-refractivity contribution is 5.81. The van der Waals surface area contributed by atoms with Crippen molar-refractivity contribution in [3.63, 3.8) is 0 Å². The summed E-state index contributed by atoms with van der Waals surface area (Å²) in [4.78, 5) is 0. The molecule has 100 valence electrons. The van der Waals surface area contributed by atoms with Crippen LogP contribution >= 0.6 is 0 Å². The first kappa shape index (κ1) is 13.6. The lowest BCUT2D eigenvalue weighted by Gasteiger charge is -2.23. The number of benzene rings is 1. The van der Waals surface area contributed by atoms with E-state index < -0.39 is 6.10 Å². The van der Waals surface area contributed by atoms with E-state index in [1.54, 1.807) is 0 Å². The molecule has 1 unspecified atom stereocenters. The number of rotatable bonds is 3. The predicted octanol–water partition coefficient (Wildman–Crippen LogP) is 3.21. The highest BCUT2D eigenvalue weighted by atomic mass is 16.3. The van der Waals surface area contributed by atoms with Gasteiger partial charge in [0.15, 0.2) is 0 Å². The molecule has 1 aromatic carbocycles. The van der Waals surface area contributed by atoms with E-state index in [9.17, 15) is 5.11 Å². The first-order valence-electron chi connectivity index (χ1n) is 6.57. The molecule has 0 amide bonds. The molecule has 0 radical (unpaired) electrons. The first-order valence-corrected chi connectivity index (χ1v) is 6.57. The van der Waals surface area contributed by atoms with Crippen LogP contribution in [-0.4, -0.2) is 15.8 Å². The van der Waals surface area contributed by atoms with E-state index in [4.69, 9.17) is 5.26 Å². The number of fused-ring (bicyclic) bond motifs is 1. The van der Waals surface area contributed by atoms with Gasteiger partial charge in [0.2, 0.25) is 0 Å². The van der Waals surface area contributed by atoms with Crippen molar-refractivity contribution in [1.82, 2.24) is 4.57 Å². The van der Waals surface area contributed by atoms with Crippen LogP contribution in [0.3, 0.4) is 0 Å². The van der Waals surface area contributed by atoms with Crippen LogP contribution in [0.2, 0.25) is 0 Å². The zero-order valence-corrected chi connectivity index (χ0v) is 11.7. The zero-order chi connectivity index (χ0) is 14.0. The Bertz CT molecular complexity index is 614. The third kappa shape index (κ3) is 2.80. The van der Waals surface area contributed by atoms with Gasteiger partial charge in [0.25, 0.3) is 0 Å². The predicted molar refractivity (Wildman–Crippen MR) is 76.9 cm³/mol. The van der Waals surface area contributed by atoms with Crippen molar-refractivity contribution >= 4 is 10.9 Å². The molecule has 0 aliphatic rings. The third-order valence-corrected chi connectivity index (χ3v) is 3.30. The third-order valence-electron chi connectivity index (χ3n) is 3.30. The molecule has 3 nitrogen and oxygen atoms in total. The van der Waals surface area contributed by atoms with Gasteiger partial charge in [0.1, 0.15) is 0 Å². The van der Waals surface area contributed by atoms with Gasteiger partial charge in [-0.25, -0.2) is 0 Å². The maximum Gasteiger partial charge on any atom is 0.0848 e. The molecule has 19 heavy (non-hydrogen) atoms. The largest absolute Gasteiger partial charge is 0.390 e. The van der Waals surface area contributed by atoms with Gasteiger partial charge in [0, 0.05) is 23.2 Å². The maximum atomic E-state index is 9.93. The summed E-state index contributed by atoms with van der Waals surface area (Å²) in [5.41, 5.74) is 2.31. The summed E-state index contributed by atoms with van der Waals surface area (Å²) >= 11 is 0. The fourth-order valence-corrected chi connectivity index (χ4v) is 2.41. The van der Waals surface area contributed by atoms with Crippen LogP contribution in [0.5, 0.6) is 0 Å². The highest BCUT2D eigenvalue weighted by Gasteiger charge is 2.21. The SMILES string of the molecule is CC(C)(C)c1cc2ccccc2n1CC(O)CC#N. The van der Waals surface area contributed by atoms with Crippen LogP contribution in [0.15, 0.2) is 30.3 Å². The zero-order valence-electron chi connectivity index (χ0n) is 11.7. The first-order chi connectivity index (χ1) is 8.93. The number of hydrogen-bond donors (Lipinski definition) is 1. The standard InChI is InChI=1S/C16H20N2O/c1-16(2,3)15-10-12-6-4-5-7-14(12)18(15)11-13(19)8-9-17/h4-7,10,13,19H,8,11H2,1-3H3. The lowest BCUT2D eigenvalue weighted by Crippen LogP contribution is -2.22. The molecule has 1 N–H and O–H groups in total. The Morgan fingerprint density at radius 3 is 2.63 bits per heavy atom. The van der Waals surface area contributed by atoms with Gasteiger partial charge in [-0.05, 0) is 17.5 Å². The summed E-state index contributed by atoms with van der Waals surface area (Å²) in [5.74, 6) is 0. The van der Waals surface area contributed by atoms with E-state index in [1.807, 2.05) is 18.2 Å². The Kier molecular flexibility index (Phi) is 3.64. The number of para-hydroxylation sites is 1. The van der Waals surface area contributed by atoms with Crippen molar-refractivity contribution in [2.45, 2.75) is 45.3 Å². The summed E-state index contributed by atoms with van der Waals surface area (Å²) in [5, 5.41) is 19.8. The number of nitriles is 1. The van der Waals surface area contributed by atoms with Crippen LogP contribution in [0.25, 0.3) is 10.9 Å². The lowest BCUT2D eigenvalue weighted by atomic mass is 9.92. The summed E-state index contributed by atoms with van der Waals surface area (Å²) < 4.78 is 2.14. The molecule has 0 saturated heterocycles. The van der Waals surface area contributed by atoms with Crippen molar-refractivity contribution in [2.24, 2.45) is 0 Å². The molecule has 1 heterocycles.